The van der Waals surface area contributed by atoms with Gasteiger partial charge in [0.25, 0.3) is 0 Å². The normalized spacial score (nSPS) is 23.3. The molecule has 172 valence electrons. The zero-order valence-corrected chi connectivity index (χ0v) is 19.0. The molecule has 0 radical (unpaired) electrons. The van der Waals surface area contributed by atoms with Crippen molar-refractivity contribution in [2.24, 2.45) is 5.92 Å². The molecule has 4 aliphatic rings. The number of piperidine rings is 1. The molecule has 1 aromatic heterocycles. The fourth-order valence-corrected chi connectivity index (χ4v) is 5.30. The summed E-state index contributed by atoms with van der Waals surface area (Å²) in [5, 5.41) is 0. The maximum absolute atomic E-state index is 13.1. The predicted molar refractivity (Wildman–Crippen MR) is 119 cm³/mol. The maximum atomic E-state index is 13.1. The highest BCUT2D eigenvalue weighted by Crippen LogP contribution is 2.37. The zero-order chi connectivity index (χ0) is 22.2. The van der Waals surface area contributed by atoms with E-state index in [0.29, 0.717) is 44.0 Å². The van der Waals surface area contributed by atoms with Gasteiger partial charge in [-0.3, -0.25) is 19.3 Å². The van der Waals surface area contributed by atoms with Gasteiger partial charge in [-0.2, -0.15) is 0 Å². The summed E-state index contributed by atoms with van der Waals surface area (Å²) in [5.74, 6) is 2.50. The van der Waals surface area contributed by atoms with E-state index in [1.807, 2.05) is 21.6 Å². The second-order valence-electron chi connectivity index (χ2n) is 9.78. The van der Waals surface area contributed by atoms with E-state index < -0.39 is 0 Å². The first-order valence-corrected chi connectivity index (χ1v) is 12.3. The molecule has 1 aromatic rings. The number of amides is 3. The molecule has 1 aliphatic carbocycles. The Morgan fingerprint density at radius 2 is 1.88 bits per heavy atom. The highest BCUT2D eigenvalue weighted by atomic mass is 16.2. The number of fused-ring (bicyclic) bond motifs is 1. The first-order chi connectivity index (χ1) is 15.5. The van der Waals surface area contributed by atoms with Crippen LogP contribution in [0.25, 0.3) is 0 Å². The highest BCUT2D eigenvalue weighted by molar-refractivity contribution is 6.00. The zero-order valence-electron chi connectivity index (χ0n) is 19.0. The van der Waals surface area contributed by atoms with Crippen LogP contribution in [0.3, 0.4) is 0 Å². The summed E-state index contributed by atoms with van der Waals surface area (Å²) in [6.07, 6.45) is 8.34. The van der Waals surface area contributed by atoms with Gasteiger partial charge in [0.1, 0.15) is 5.82 Å². The molecule has 0 aromatic carbocycles. The van der Waals surface area contributed by atoms with Crippen molar-refractivity contribution < 1.29 is 14.4 Å². The first kappa shape index (κ1) is 21.3. The summed E-state index contributed by atoms with van der Waals surface area (Å²) in [6, 6.07) is -0.132. The van der Waals surface area contributed by atoms with Crippen LogP contribution in [0.4, 0.5) is 5.82 Å². The smallest absolute Gasteiger partial charge is 0.232 e. The molecule has 1 atom stereocenters. The second kappa shape index (κ2) is 8.79. The third-order valence-electron chi connectivity index (χ3n) is 7.34. The van der Waals surface area contributed by atoms with Gasteiger partial charge in [-0.05, 0) is 57.8 Å². The first-order valence-electron chi connectivity index (χ1n) is 12.3. The van der Waals surface area contributed by atoms with E-state index in [0.717, 1.165) is 62.4 Å². The van der Waals surface area contributed by atoms with Crippen molar-refractivity contribution >= 4 is 23.5 Å². The topological polar surface area (TPSA) is 86.7 Å². The van der Waals surface area contributed by atoms with Crippen LogP contribution in [0.2, 0.25) is 0 Å². The molecule has 32 heavy (non-hydrogen) atoms. The summed E-state index contributed by atoms with van der Waals surface area (Å²) >= 11 is 0. The fraction of sp³-hybridized carbons (Fsp3) is 0.708. The van der Waals surface area contributed by atoms with Crippen molar-refractivity contribution in [1.82, 2.24) is 19.8 Å². The number of hydrogen-bond acceptors (Lipinski definition) is 5. The predicted octanol–water partition coefficient (Wildman–Crippen LogP) is 2.54. The molecule has 4 heterocycles. The number of carbonyl (C=O) groups excluding carboxylic acids is 3. The summed E-state index contributed by atoms with van der Waals surface area (Å²) in [6.45, 7) is 4.91. The molecule has 0 spiro atoms. The van der Waals surface area contributed by atoms with Gasteiger partial charge in [0.2, 0.25) is 17.7 Å². The van der Waals surface area contributed by atoms with Gasteiger partial charge in [0.15, 0.2) is 5.82 Å². The Hall–Kier alpha value is -2.51. The summed E-state index contributed by atoms with van der Waals surface area (Å²) in [5.41, 5.74) is 1.81. The Labute approximate surface area is 189 Å². The molecular formula is C24H33N5O3. The molecule has 8 nitrogen and oxygen atoms in total. The van der Waals surface area contributed by atoms with Gasteiger partial charge in [-0.25, -0.2) is 9.97 Å². The minimum absolute atomic E-state index is 0.119. The number of anilines is 1. The lowest BCUT2D eigenvalue weighted by atomic mass is 10.00. The molecule has 3 aliphatic heterocycles. The van der Waals surface area contributed by atoms with Crippen molar-refractivity contribution in [3.8, 4) is 0 Å². The standard InChI is InChI=1S/C24H33N5O3/c1-16-18-14-22(32)29(15-17-9-10-17)24(18)26-23(25-16)19-6-2-3-13-28(19)21(31)8-5-12-27-11-4-7-20(27)30/h17,19H,2-15H2,1H3. The Morgan fingerprint density at radius 1 is 1.03 bits per heavy atom. The fourth-order valence-electron chi connectivity index (χ4n) is 5.30. The van der Waals surface area contributed by atoms with Crippen LogP contribution >= 0.6 is 0 Å². The van der Waals surface area contributed by atoms with Crippen molar-refractivity contribution in [2.75, 3.05) is 31.1 Å². The monoisotopic (exact) mass is 439 g/mol. The van der Waals surface area contributed by atoms with E-state index in [-0.39, 0.29) is 23.8 Å². The van der Waals surface area contributed by atoms with E-state index in [9.17, 15) is 14.4 Å². The number of hydrogen-bond donors (Lipinski definition) is 0. The van der Waals surface area contributed by atoms with E-state index in [1.54, 1.807) is 0 Å². The highest BCUT2D eigenvalue weighted by Gasteiger charge is 2.37. The second-order valence-corrected chi connectivity index (χ2v) is 9.78. The van der Waals surface area contributed by atoms with Crippen LogP contribution in [-0.2, 0) is 20.8 Å². The number of carbonyl (C=O) groups is 3. The van der Waals surface area contributed by atoms with E-state index in [2.05, 4.69) is 0 Å². The van der Waals surface area contributed by atoms with Gasteiger partial charge < -0.3 is 9.80 Å². The van der Waals surface area contributed by atoms with Crippen LogP contribution < -0.4 is 4.90 Å². The lowest BCUT2D eigenvalue weighted by Gasteiger charge is -2.35. The van der Waals surface area contributed by atoms with Gasteiger partial charge in [0.05, 0.1) is 12.5 Å². The van der Waals surface area contributed by atoms with E-state index >= 15 is 0 Å². The lowest BCUT2D eigenvalue weighted by molar-refractivity contribution is -0.136. The Kier molecular flexibility index (Phi) is 5.86. The van der Waals surface area contributed by atoms with Crippen LogP contribution in [0, 0.1) is 12.8 Å². The van der Waals surface area contributed by atoms with Crippen LogP contribution in [0.15, 0.2) is 0 Å². The number of likely N-dealkylation sites (tertiary alicyclic amines) is 2. The molecule has 1 unspecified atom stereocenters. The minimum Gasteiger partial charge on any atom is -0.343 e. The van der Waals surface area contributed by atoms with Crippen molar-refractivity contribution in [2.45, 2.75) is 77.2 Å². The summed E-state index contributed by atoms with van der Waals surface area (Å²) in [4.78, 5) is 52.9. The van der Waals surface area contributed by atoms with Gasteiger partial charge in [-0.15, -0.1) is 0 Å². The van der Waals surface area contributed by atoms with Gasteiger partial charge in [-0.1, -0.05) is 0 Å². The Morgan fingerprint density at radius 3 is 2.62 bits per heavy atom. The summed E-state index contributed by atoms with van der Waals surface area (Å²) < 4.78 is 0. The lowest BCUT2D eigenvalue weighted by Crippen LogP contribution is -2.40. The van der Waals surface area contributed by atoms with Crippen molar-refractivity contribution in [1.29, 1.82) is 0 Å². The largest absolute Gasteiger partial charge is 0.343 e. The molecule has 1 saturated carbocycles. The van der Waals surface area contributed by atoms with E-state index in [1.165, 1.54) is 12.8 Å². The third-order valence-corrected chi connectivity index (χ3v) is 7.34. The molecule has 8 heteroatoms. The third kappa shape index (κ3) is 4.24. The van der Waals surface area contributed by atoms with Gasteiger partial charge >= 0.3 is 0 Å². The molecule has 5 rings (SSSR count). The molecule has 0 N–H and O–H groups in total. The van der Waals surface area contributed by atoms with Crippen LogP contribution in [0.1, 0.15) is 80.9 Å². The molecular weight excluding hydrogens is 406 g/mol. The van der Waals surface area contributed by atoms with Crippen LogP contribution in [0.5, 0.6) is 0 Å². The molecule has 3 fully saturated rings. The molecule has 3 amide bonds. The Balaban J connectivity index is 1.30. The van der Waals surface area contributed by atoms with Crippen molar-refractivity contribution in [3.05, 3.63) is 17.1 Å². The summed E-state index contributed by atoms with van der Waals surface area (Å²) in [7, 11) is 0. The quantitative estimate of drug-likeness (QED) is 0.652. The SMILES string of the molecule is Cc1nc(C2CCCCN2C(=O)CCCN2CCCC2=O)nc2c1CC(=O)N2CC1CC1. The molecule has 0 bridgehead atoms. The Bertz CT molecular complexity index is 928. The van der Waals surface area contributed by atoms with Crippen LogP contribution in [-0.4, -0.2) is 63.7 Å². The molecule has 2 saturated heterocycles. The number of rotatable bonds is 7. The maximum Gasteiger partial charge on any atom is 0.232 e. The minimum atomic E-state index is -0.132. The van der Waals surface area contributed by atoms with E-state index in [4.69, 9.17) is 9.97 Å². The van der Waals surface area contributed by atoms with Crippen molar-refractivity contribution in [3.63, 3.8) is 0 Å². The average Bonchev–Trinajstić information content (AvgIpc) is 3.44. The number of aryl methyl sites for hydroxylation is 1. The number of aromatic nitrogens is 2. The number of nitrogens with zero attached hydrogens (tertiary/aromatic N) is 5. The van der Waals surface area contributed by atoms with Gasteiger partial charge in [0, 0.05) is 50.3 Å². The average molecular weight is 440 g/mol.